The third kappa shape index (κ3) is 9.25. The first-order chi connectivity index (χ1) is 18.2. The average Bonchev–Trinajstić information content (AvgIpc) is 2.84. The molecule has 0 bridgehead atoms. The Hall–Kier alpha value is -2.57. The van der Waals surface area contributed by atoms with Gasteiger partial charge in [0.05, 0.1) is 11.0 Å². The number of hydrogen-bond acceptors (Lipinski definition) is 8. The van der Waals surface area contributed by atoms with E-state index in [4.69, 9.17) is 5.73 Å². The molecule has 0 saturated carbocycles. The molecule has 39 heavy (non-hydrogen) atoms. The van der Waals surface area contributed by atoms with Gasteiger partial charge in [-0.15, -0.1) is 0 Å². The van der Waals surface area contributed by atoms with Crippen molar-refractivity contribution in [1.29, 1.82) is 0 Å². The lowest BCUT2D eigenvalue weighted by atomic mass is 10.1. The van der Waals surface area contributed by atoms with Gasteiger partial charge < -0.3 is 16.2 Å². The average molecular weight is 561 g/mol. The minimum Gasteiger partial charge on any atom is -0.399 e. The van der Waals surface area contributed by atoms with Crippen LogP contribution in [0.4, 0.5) is 5.69 Å². The molecule has 0 radical (unpaired) electrons. The number of piperazine rings is 1. The van der Waals surface area contributed by atoms with Crippen LogP contribution < -0.4 is 11.1 Å². The smallest absolute Gasteiger partial charge is 0.243 e. The largest absolute Gasteiger partial charge is 0.399 e. The minimum absolute atomic E-state index is 0.0575. The van der Waals surface area contributed by atoms with Crippen LogP contribution in [-0.4, -0.2) is 95.5 Å². The summed E-state index contributed by atoms with van der Waals surface area (Å²) >= 11 is 0. The Morgan fingerprint density at radius 1 is 1.18 bits per heavy atom. The highest BCUT2D eigenvalue weighted by atomic mass is 32.2. The van der Waals surface area contributed by atoms with Gasteiger partial charge in [-0.3, -0.25) is 19.6 Å². The standard InChI is InChI=1S/C28H44N6O4S/c1-21(2)16-34(39(37,38)25-10-8-23(29)9-11-25)19-24(35)18-33-14-13-32(17-22-7-6-12-30-15-22)20-26(33)27(36)31-28(3,4)5/h6-12,15,21,24,26,35H,13-14,16-20,29H2,1-5H3,(H,31,36)/t24?,26-/m0/s1. The van der Waals surface area contributed by atoms with E-state index in [0.717, 1.165) is 5.56 Å². The molecule has 1 aliphatic rings. The fourth-order valence-electron chi connectivity index (χ4n) is 4.72. The number of aliphatic hydroxyl groups excluding tert-OH is 1. The van der Waals surface area contributed by atoms with E-state index in [1.165, 1.54) is 16.4 Å². The van der Waals surface area contributed by atoms with Gasteiger partial charge in [0.2, 0.25) is 15.9 Å². The normalized spacial score (nSPS) is 18.4. The van der Waals surface area contributed by atoms with Crippen molar-refractivity contribution in [3.63, 3.8) is 0 Å². The number of nitrogens with zero attached hydrogens (tertiary/aromatic N) is 4. The number of carbonyl (C=O) groups excluding carboxylic acids is 1. The van der Waals surface area contributed by atoms with Gasteiger partial charge in [0.15, 0.2) is 0 Å². The van der Waals surface area contributed by atoms with E-state index in [1.54, 1.807) is 18.3 Å². The Balaban J connectivity index is 1.75. The zero-order valence-electron chi connectivity index (χ0n) is 23.7. The van der Waals surface area contributed by atoms with Crippen LogP contribution in [0, 0.1) is 5.92 Å². The third-order valence-corrected chi connectivity index (χ3v) is 8.30. The maximum Gasteiger partial charge on any atom is 0.243 e. The summed E-state index contributed by atoms with van der Waals surface area (Å²) < 4.78 is 28.2. The van der Waals surface area contributed by atoms with E-state index >= 15 is 0 Å². The van der Waals surface area contributed by atoms with E-state index < -0.39 is 27.7 Å². The highest BCUT2D eigenvalue weighted by Gasteiger charge is 2.36. The maximum atomic E-state index is 13.4. The highest BCUT2D eigenvalue weighted by molar-refractivity contribution is 7.89. The topological polar surface area (TPSA) is 132 Å². The minimum atomic E-state index is -3.84. The number of nitrogens with two attached hydrogens (primary N) is 1. The molecule has 2 heterocycles. The first-order valence-electron chi connectivity index (χ1n) is 13.5. The molecule has 2 aromatic rings. The van der Waals surface area contributed by atoms with E-state index in [2.05, 4.69) is 15.2 Å². The van der Waals surface area contributed by atoms with E-state index in [9.17, 15) is 18.3 Å². The molecule has 4 N–H and O–H groups in total. The first-order valence-corrected chi connectivity index (χ1v) is 14.9. The number of pyridine rings is 1. The molecule has 1 unspecified atom stereocenters. The Kier molecular flexibility index (Phi) is 10.5. The second-order valence-corrected chi connectivity index (χ2v) is 13.7. The Morgan fingerprint density at radius 2 is 1.87 bits per heavy atom. The lowest BCUT2D eigenvalue weighted by Gasteiger charge is -2.42. The molecular weight excluding hydrogens is 516 g/mol. The van der Waals surface area contributed by atoms with Crippen LogP contribution in [0.5, 0.6) is 0 Å². The third-order valence-electron chi connectivity index (χ3n) is 6.45. The monoisotopic (exact) mass is 560 g/mol. The van der Waals surface area contributed by atoms with Crippen LogP contribution in [0.1, 0.15) is 40.2 Å². The number of aromatic nitrogens is 1. The predicted molar refractivity (Wildman–Crippen MR) is 153 cm³/mol. The summed E-state index contributed by atoms with van der Waals surface area (Å²) in [5, 5.41) is 14.2. The Bertz CT molecular complexity index is 1170. The van der Waals surface area contributed by atoms with Crippen LogP contribution in [0.25, 0.3) is 0 Å². The molecule has 1 aromatic heterocycles. The number of rotatable bonds is 11. The van der Waals surface area contributed by atoms with Crippen LogP contribution >= 0.6 is 0 Å². The van der Waals surface area contributed by atoms with E-state index in [1.807, 2.05) is 57.8 Å². The summed E-state index contributed by atoms with van der Waals surface area (Å²) in [4.78, 5) is 21.9. The summed E-state index contributed by atoms with van der Waals surface area (Å²) in [6, 6.07) is 9.50. The molecular formula is C28H44N6O4S. The zero-order chi connectivity index (χ0) is 28.8. The first kappa shape index (κ1) is 31.0. The number of nitrogen functional groups attached to an aromatic ring is 1. The van der Waals surface area contributed by atoms with Crippen LogP contribution in [0.15, 0.2) is 53.7 Å². The second-order valence-electron chi connectivity index (χ2n) is 11.8. The van der Waals surface area contributed by atoms with Crippen molar-refractivity contribution in [2.75, 3.05) is 45.0 Å². The van der Waals surface area contributed by atoms with Gasteiger partial charge in [-0.2, -0.15) is 4.31 Å². The summed E-state index contributed by atoms with van der Waals surface area (Å²) in [5.41, 5.74) is 6.88. The van der Waals surface area contributed by atoms with Gasteiger partial charge in [-0.1, -0.05) is 19.9 Å². The van der Waals surface area contributed by atoms with Crippen LogP contribution in [0.2, 0.25) is 0 Å². The van der Waals surface area contributed by atoms with Gasteiger partial charge >= 0.3 is 0 Å². The summed E-state index contributed by atoms with van der Waals surface area (Å²) in [6.45, 7) is 12.5. The number of nitrogens with one attached hydrogen (secondary N) is 1. The van der Waals surface area contributed by atoms with Gasteiger partial charge in [0.25, 0.3) is 0 Å². The van der Waals surface area contributed by atoms with Crippen molar-refractivity contribution in [3.8, 4) is 0 Å². The number of carbonyl (C=O) groups is 1. The number of aliphatic hydroxyl groups is 1. The fraction of sp³-hybridized carbons (Fsp3) is 0.571. The number of benzene rings is 1. The number of sulfonamides is 1. The SMILES string of the molecule is CC(C)CN(CC(O)CN1CCN(Cc2cccnc2)C[C@H]1C(=O)NC(C)(C)C)S(=O)(=O)c1ccc(N)cc1. The molecule has 216 valence electrons. The predicted octanol–water partition coefficient (Wildman–Crippen LogP) is 1.77. The molecule has 10 nitrogen and oxygen atoms in total. The molecule has 1 aliphatic heterocycles. The summed E-state index contributed by atoms with van der Waals surface area (Å²) in [7, 11) is -3.84. The van der Waals surface area contributed by atoms with Crippen molar-refractivity contribution < 1.29 is 18.3 Å². The highest BCUT2D eigenvalue weighted by Crippen LogP contribution is 2.20. The van der Waals surface area contributed by atoms with Crippen molar-refractivity contribution in [1.82, 2.24) is 24.4 Å². The zero-order valence-corrected chi connectivity index (χ0v) is 24.6. The molecule has 1 fully saturated rings. The van der Waals surface area contributed by atoms with Crippen LogP contribution in [-0.2, 0) is 21.4 Å². The lowest BCUT2D eigenvalue weighted by molar-refractivity contribution is -0.131. The summed E-state index contributed by atoms with van der Waals surface area (Å²) in [5.74, 6) is -0.0544. The van der Waals surface area contributed by atoms with E-state index in [0.29, 0.717) is 31.9 Å². The number of anilines is 1. The second kappa shape index (κ2) is 13.2. The number of amides is 1. The van der Waals surface area contributed by atoms with E-state index in [-0.39, 0.29) is 36.4 Å². The number of hydrogen-bond donors (Lipinski definition) is 3. The molecule has 0 aliphatic carbocycles. The van der Waals surface area contributed by atoms with Crippen molar-refractivity contribution in [2.24, 2.45) is 5.92 Å². The van der Waals surface area contributed by atoms with Crippen molar-refractivity contribution in [3.05, 3.63) is 54.4 Å². The quantitative estimate of drug-likeness (QED) is 0.355. The number of β-amino-alcohol motifs (C(OH)–C–C–N with tert-alkyl or cyclic N) is 1. The van der Waals surface area contributed by atoms with Crippen LogP contribution in [0.3, 0.4) is 0 Å². The van der Waals surface area contributed by atoms with Crippen molar-refractivity contribution in [2.45, 2.75) is 63.7 Å². The molecule has 1 aromatic carbocycles. The van der Waals surface area contributed by atoms with Gasteiger partial charge in [0, 0.05) is 69.4 Å². The summed E-state index contributed by atoms with van der Waals surface area (Å²) in [6.07, 6.45) is 2.57. The Labute approximate surface area is 233 Å². The molecule has 2 atom stereocenters. The Morgan fingerprint density at radius 3 is 2.46 bits per heavy atom. The van der Waals surface area contributed by atoms with Gasteiger partial charge in [-0.25, -0.2) is 8.42 Å². The van der Waals surface area contributed by atoms with Gasteiger partial charge in [-0.05, 0) is 62.6 Å². The molecule has 0 spiro atoms. The van der Waals surface area contributed by atoms with Crippen molar-refractivity contribution >= 4 is 21.6 Å². The molecule has 1 amide bonds. The molecule has 3 rings (SSSR count). The molecule has 1 saturated heterocycles. The van der Waals surface area contributed by atoms with Gasteiger partial charge in [0.1, 0.15) is 6.04 Å². The maximum absolute atomic E-state index is 13.4. The molecule has 11 heteroatoms. The fourth-order valence-corrected chi connectivity index (χ4v) is 6.36. The lowest BCUT2D eigenvalue weighted by Crippen LogP contribution is -2.62.